The number of fused-ring (bicyclic) bond motifs is 1. The van der Waals surface area contributed by atoms with Crippen LogP contribution >= 0.6 is 0 Å². The van der Waals surface area contributed by atoms with Gasteiger partial charge in [-0.25, -0.2) is 4.98 Å². The lowest BCUT2D eigenvalue weighted by Gasteiger charge is -2.12. The van der Waals surface area contributed by atoms with Gasteiger partial charge in [0, 0.05) is 17.9 Å². The first kappa shape index (κ1) is 16.2. The second kappa shape index (κ2) is 5.77. The molecule has 8 heteroatoms. The molecule has 0 bridgehead atoms. The van der Waals surface area contributed by atoms with Crippen molar-refractivity contribution in [3.63, 3.8) is 0 Å². The number of alkyl halides is 3. The van der Waals surface area contributed by atoms with Crippen LogP contribution in [-0.4, -0.2) is 26.2 Å². The molecular weight excluding hydrogens is 319 g/mol. The molecule has 0 aliphatic carbocycles. The van der Waals surface area contributed by atoms with Crippen molar-refractivity contribution in [2.24, 2.45) is 0 Å². The van der Waals surface area contributed by atoms with Crippen molar-refractivity contribution in [1.29, 1.82) is 0 Å². The number of rotatable bonds is 3. The van der Waals surface area contributed by atoms with Crippen LogP contribution in [0.2, 0.25) is 0 Å². The highest BCUT2D eigenvalue weighted by molar-refractivity contribution is 6.00. The van der Waals surface area contributed by atoms with E-state index in [0.29, 0.717) is 22.4 Å². The van der Waals surface area contributed by atoms with Gasteiger partial charge in [0.15, 0.2) is 0 Å². The first-order chi connectivity index (χ1) is 11.3. The summed E-state index contributed by atoms with van der Waals surface area (Å²) in [4.78, 5) is 8.50. The fraction of sp³-hybridized carbons (Fsp3) is 0.312. The molecule has 3 heterocycles. The average Bonchev–Trinajstić information content (AvgIpc) is 2.89. The highest BCUT2D eigenvalue weighted by Crippen LogP contribution is 2.34. The van der Waals surface area contributed by atoms with Gasteiger partial charge in [-0.3, -0.25) is 10.1 Å². The maximum Gasteiger partial charge on any atom is 0.416 e. The van der Waals surface area contributed by atoms with Gasteiger partial charge in [-0.2, -0.15) is 18.3 Å². The predicted molar refractivity (Wildman–Crippen MR) is 85.6 cm³/mol. The molecule has 0 aromatic carbocycles. The van der Waals surface area contributed by atoms with Crippen molar-refractivity contribution in [3.05, 3.63) is 35.7 Å². The Morgan fingerprint density at radius 1 is 1.21 bits per heavy atom. The molecule has 0 atom stereocenters. The zero-order valence-electron chi connectivity index (χ0n) is 13.4. The minimum Gasteiger partial charge on any atom is -0.367 e. The van der Waals surface area contributed by atoms with Gasteiger partial charge in [0.1, 0.15) is 11.5 Å². The Morgan fingerprint density at radius 3 is 2.62 bits per heavy atom. The van der Waals surface area contributed by atoms with Gasteiger partial charge in [0.05, 0.1) is 22.2 Å². The third-order valence-electron chi connectivity index (χ3n) is 3.43. The summed E-state index contributed by atoms with van der Waals surface area (Å²) in [5, 5.41) is 10.8. The zero-order valence-corrected chi connectivity index (χ0v) is 13.4. The number of hydrogen-bond acceptors (Lipinski definition) is 4. The highest BCUT2D eigenvalue weighted by Gasteiger charge is 2.31. The van der Waals surface area contributed by atoms with Crippen molar-refractivity contribution < 1.29 is 13.2 Å². The summed E-state index contributed by atoms with van der Waals surface area (Å²) >= 11 is 0. The molecule has 0 radical (unpaired) electrons. The average molecular weight is 335 g/mol. The Morgan fingerprint density at radius 2 is 1.96 bits per heavy atom. The van der Waals surface area contributed by atoms with Crippen molar-refractivity contribution in [1.82, 2.24) is 20.2 Å². The maximum absolute atomic E-state index is 12.9. The van der Waals surface area contributed by atoms with Crippen LogP contribution in [0.15, 0.2) is 24.4 Å². The van der Waals surface area contributed by atoms with E-state index < -0.39 is 11.7 Å². The number of hydrogen-bond donors (Lipinski definition) is 2. The number of nitrogens with one attached hydrogen (secondary N) is 2. The van der Waals surface area contributed by atoms with E-state index in [0.717, 1.165) is 24.0 Å². The molecule has 0 spiro atoms. The molecule has 0 amide bonds. The molecule has 24 heavy (non-hydrogen) atoms. The Hall–Kier alpha value is -2.64. The highest BCUT2D eigenvalue weighted by atomic mass is 19.4. The molecule has 2 N–H and O–H groups in total. The summed E-state index contributed by atoms with van der Waals surface area (Å²) in [6.45, 7) is 5.75. The fourth-order valence-electron chi connectivity index (χ4n) is 2.47. The summed E-state index contributed by atoms with van der Waals surface area (Å²) in [5.74, 6) is 0.572. The van der Waals surface area contributed by atoms with E-state index in [2.05, 4.69) is 25.5 Å². The van der Waals surface area contributed by atoms with E-state index in [1.165, 1.54) is 0 Å². The normalized spacial score (nSPS) is 12.1. The van der Waals surface area contributed by atoms with Crippen LogP contribution in [0.1, 0.15) is 25.1 Å². The third-order valence-corrected chi connectivity index (χ3v) is 3.43. The Bertz CT molecular complexity index is 883. The van der Waals surface area contributed by atoms with Crippen molar-refractivity contribution in [2.45, 2.75) is 33.0 Å². The first-order valence-electron chi connectivity index (χ1n) is 7.41. The van der Waals surface area contributed by atoms with Crippen LogP contribution in [-0.2, 0) is 6.18 Å². The number of aromatic nitrogens is 4. The largest absolute Gasteiger partial charge is 0.416 e. The number of H-pyrrole nitrogens is 1. The van der Waals surface area contributed by atoms with Gasteiger partial charge in [-0.15, -0.1) is 0 Å². The van der Waals surface area contributed by atoms with E-state index in [1.54, 1.807) is 6.07 Å². The topological polar surface area (TPSA) is 66.5 Å². The van der Waals surface area contributed by atoms with Crippen molar-refractivity contribution in [2.75, 3.05) is 5.32 Å². The van der Waals surface area contributed by atoms with Gasteiger partial charge in [-0.05, 0) is 39.0 Å². The molecule has 3 aromatic rings. The number of aromatic amines is 1. The summed E-state index contributed by atoms with van der Waals surface area (Å²) in [6, 6.07) is 3.84. The summed E-state index contributed by atoms with van der Waals surface area (Å²) in [7, 11) is 0. The van der Waals surface area contributed by atoms with Gasteiger partial charge >= 0.3 is 6.18 Å². The minimum atomic E-state index is -4.43. The minimum absolute atomic E-state index is 0.111. The summed E-state index contributed by atoms with van der Waals surface area (Å²) < 4.78 is 38.8. The third kappa shape index (κ3) is 3.04. The van der Waals surface area contributed by atoms with Crippen LogP contribution < -0.4 is 5.32 Å². The Kier molecular flexibility index (Phi) is 3.90. The van der Waals surface area contributed by atoms with Gasteiger partial charge < -0.3 is 5.32 Å². The Balaban J connectivity index is 2.20. The SMILES string of the molecule is Cc1cc2[nH]nc(-c3cc(C(F)(F)F)ccn3)c2c(NC(C)C)n1. The molecule has 3 aromatic heterocycles. The molecule has 5 nitrogen and oxygen atoms in total. The van der Waals surface area contributed by atoms with E-state index in [-0.39, 0.29) is 11.7 Å². The molecule has 0 saturated carbocycles. The second-order valence-corrected chi connectivity index (χ2v) is 5.83. The van der Waals surface area contributed by atoms with E-state index in [1.807, 2.05) is 20.8 Å². The van der Waals surface area contributed by atoms with Crippen molar-refractivity contribution in [3.8, 4) is 11.4 Å². The molecule has 0 aliphatic rings. The molecule has 3 rings (SSSR count). The summed E-state index contributed by atoms with van der Waals surface area (Å²) in [5.41, 5.74) is 1.19. The second-order valence-electron chi connectivity index (χ2n) is 5.83. The Labute approximate surface area is 136 Å². The van der Waals surface area contributed by atoms with Gasteiger partial charge in [0.25, 0.3) is 0 Å². The van der Waals surface area contributed by atoms with Crippen LogP contribution in [0, 0.1) is 6.92 Å². The lowest BCUT2D eigenvalue weighted by Crippen LogP contribution is -2.12. The van der Waals surface area contributed by atoms with E-state index in [4.69, 9.17) is 0 Å². The number of anilines is 1. The van der Waals surface area contributed by atoms with E-state index >= 15 is 0 Å². The van der Waals surface area contributed by atoms with E-state index in [9.17, 15) is 13.2 Å². The van der Waals surface area contributed by atoms with Crippen LogP contribution in [0.25, 0.3) is 22.3 Å². The van der Waals surface area contributed by atoms with Crippen LogP contribution in [0.3, 0.4) is 0 Å². The molecule has 0 unspecified atom stereocenters. The molecule has 0 saturated heterocycles. The van der Waals surface area contributed by atoms with Crippen LogP contribution in [0.5, 0.6) is 0 Å². The fourth-order valence-corrected chi connectivity index (χ4v) is 2.47. The molecule has 126 valence electrons. The number of nitrogens with zero attached hydrogens (tertiary/aromatic N) is 3. The first-order valence-corrected chi connectivity index (χ1v) is 7.41. The molecule has 0 fully saturated rings. The lowest BCUT2D eigenvalue weighted by molar-refractivity contribution is -0.137. The quantitative estimate of drug-likeness (QED) is 0.754. The zero-order chi connectivity index (χ0) is 17.5. The lowest BCUT2D eigenvalue weighted by atomic mass is 10.1. The molecule has 0 aliphatic heterocycles. The number of aryl methyl sites for hydroxylation is 1. The maximum atomic E-state index is 12.9. The molecular formula is C16H16F3N5. The monoisotopic (exact) mass is 335 g/mol. The summed E-state index contributed by atoms with van der Waals surface area (Å²) in [6.07, 6.45) is -3.30. The van der Waals surface area contributed by atoms with Gasteiger partial charge in [-0.1, -0.05) is 0 Å². The smallest absolute Gasteiger partial charge is 0.367 e. The predicted octanol–water partition coefficient (Wildman–Crippen LogP) is 4.17. The standard InChI is InChI=1S/C16H16F3N5/c1-8(2)21-15-13-11(6-9(3)22-15)23-24-14(13)12-7-10(4-5-20-12)16(17,18)19/h4-8H,1-3H3,(H,21,22)(H,23,24). The number of halogens is 3. The van der Waals surface area contributed by atoms with Crippen molar-refractivity contribution >= 4 is 16.7 Å². The van der Waals surface area contributed by atoms with Crippen LogP contribution in [0.4, 0.5) is 19.0 Å². The van der Waals surface area contributed by atoms with Gasteiger partial charge in [0.2, 0.25) is 0 Å². The number of pyridine rings is 2.